The standard InChI is InChI=1S/C18H23F2NO4/c1-2-7-18(17(24)25)8-9-21(11-15(18)22)16(23)6-4-12-3-5-13(19)10-14(12)20/h3,5,10,15,22H,2,4,6-9,11H2,1H3,(H,24,25)/t15-,18+/m1/s1. The molecule has 1 aliphatic rings. The number of carbonyl (C=O) groups excluding carboxylic acids is 1. The molecule has 1 aromatic carbocycles. The number of halogens is 2. The molecule has 7 heteroatoms. The van der Waals surface area contributed by atoms with Crippen molar-refractivity contribution < 1.29 is 28.6 Å². The Bertz CT molecular complexity index is 652. The fourth-order valence-corrected chi connectivity index (χ4v) is 3.42. The second-order valence-electron chi connectivity index (χ2n) is 6.55. The summed E-state index contributed by atoms with van der Waals surface area (Å²) in [5.74, 6) is -2.69. The van der Waals surface area contributed by atoms with Gasteiger partial charge in [-0.3, -0.25) is 9.59 Å². The molecule has 0 bridgehead atoms. The lowest BCUT2D eigenvalue weighted by Crippen LogP contribution is -2.56. The molecule has 0 aliphatic carbocycles. The van der Waals surface area contributed by atoms with Gasteiger partial charge in [0.1, 0.15) is 11.6 Å². The van der Waals surface area contributed by atoms with Crippen molar-refractivity contribution in [3.05, 3.63) is 35.4 Å². The van der Waals surface area contributed by atoms with Gasteiger partial charge in [-0.05, 0) is 30.9 Å². The number of hydrogen-bond acceptors (Lipinski definition) is 3. The van der Waals surface area contributed by atoms with Crippen molar-refractivity contribution >= 4 is 11.9 Å². The number of piperidine rings is 1. The number of β-amino-alcohol motifs (C(OH)–C–C–N with tert-alkyl or cyclic N) is 1. The van der Waals surface area contributed by atoms with Crippen LogP contribution in [0, 0.1) is 17.0 Å². The summed E-state index contributed by atoms with van der Waals surface area (Å²) in [5, 5.41) is 19.8. The molecule has 2 atom stereocenters. The molecule has 0 radical (unpaired) electrons. The Balaban J connectivity index is 1.97. The Morgan fingerprint density at radius 2 is 2.08 bits per heavy atom. The molecule has 1 aliphatic heterocycles. The van der Waals surface area contributed by atoms with Crippen molar-refractivity contribution in [1.29, 1.82) is 0 Å². The maximum atomic E-state index is 13.6. The molecule has 0 spiro atoms. The van der Waals surface area contributed by atoms with Crippen LogP contribution in [-0.2, 0) is 16.0 Å². The van der Waals surface area contributed by atoms with E-state index >= 15 is 0 Å². The summed E-state index contributed by atoms with van der Waals surface area (Å²) in [5.41, 5.74) is -0.965. The average Bonchev–Trinajstić information content (AvgIpc) is 2.55. The van der Waals surface area contributed by atoms with E-state index in [1.54, 1.807) is 0 Å². The van der Waals surface area contributed by atoms with Gasteiger partial charge < -0.3 is 15.1 Å². The number of nitrogens with zero attached hydrogens (tertiary/aromatic N) is 1. The average molecular weight is 355 g/mol. The summed E-state index contributed by atoms with van der Waals surface area (Å²) >= 11 is 0. The lowest BCUT2D eigenvalue weighted by Gasteiger charge is -2.42. The third-order valence-corrected chi connectivity index (χ3v) is 4.96. The summed E-state index contributed by atoms with van der Waals surface area (Å²) in [6.45, 7) is 2.05. The van der Waals surface area contributed by atoms with Crippen LogP contribution in [0.3, 0.4) is 0 Å². The molecule has 2 N–H and O–H groups in total. The van der Waals surface area contributed by atoms with Crippen molar-refractivity contribution in [2.24, 2.45) is 5.41 Å². The molecule has 1 aromatic rings. The molecular weight excluding hydrogens is 332 g/mol. The van der Waals surface area contributed by atoms with Crippen molar-refractivity contribution in [2.75, 3.05) is 13.1 Å². The number of benzene rings is 1. The molecule has 138 valence electrons. The van der Waals surface area contributed by atoms with Crippen LogP contribution >= 0.6 is 0 Å². The van der Waals surface area contributed by atoms with Crippen molar-refractivity contribution in [3.63, 3.8) is 0 Å². The van der Waals surface area contributed by atoms with Gasteiger partial charge in [-0.15, -0.1) is 0 Å². The number of likely N-dealkylation sites (tertiary alicyclic amines) is 1. The van der Waals surface area contributed by atoms with Gasteiger partial charge in [0.05, 0.1) is 11.5 Å². The van der Waals surface area contributed by atoms with E-state index in [2.05, 4.69) is 0 Å². The minimum Gasteiger partial charge on any atom is -0.481 e. The highest BCUT2D eigenvalue weighted by Gasteiger charge is 2.48. The Hall–Kier alpha value is -2.02. The first kappa shape index (κ1) is 19.3. The number of carboxylic acids is 1. The summed E-state index contributed by atoms with van der Waals surface area (Å²) in [4.78, 5) is 25.3. The number of aliphatic carboxylic acids is 1. The largest absolute Gasteiger partial charge is 0.481 e. The van der Waals surface area contributed by atoms with Crippen molar-refractivity contribution in [1.82, 2.24) is 4.90 Å². The number of rotatable bonds is 6. The number of carboxylic acid groups (broad SMARTS) is 1. The van der Waals surface area contributed by atoms with Crippen LogP contribution in [0.25, 0.3) is 0 Å². The molecule has 0 unspecified atom stereocenters. The van der Waals surface area contributed by atoms with Gasteiger partial charge in [-0.25, -0.2) is 8.78 Å². The molecule has 5 nitrogen and oxygen atoms in total. The van der Waals surface area contributed by atoms with Crippen molar-refractivity contribution in [3.8, 4) is 0 Å². The maximum absolute atomic E-state index is 13.6. The van der Waals surface area contributed by atoms with E-state index in [1.165, 1.54) is 11.0 Å². The number of hydrogen-bond donors (Lipinski definition) is 2. The number of amides is 1. The number of aliphatic hydroxyl groups is 1. The monoisotopic (exact) mass is 355 g/mol. The normalized spacial score (nSPS) is 23.5. The van der Waals surface area contributed by atoms with Gasteiger partial charge in [-0.1, -0.05) is 19.4 Å². The second kappa shape index (κ2) is 7.91. The number of carbonyl (C=O) groups is 2. The summed E-state index contributed by atoms with van der Waals surface area (Å²) in [7, 11) is 0. The van der Waals surface area contributed by atoms with Crippen LogP contribution in [-0.4, -0.2) is 46.2 Å². The van der Waals surface area contributed by atoms with Crippen LogP contribution in [0.5, 0.6) is 0 Å². The SMILES string of the molecule is CCC[C@]1(C(=O)O)CCN(C(=O)CCc2ccc(F)cc2F)C[C@H]1O. The predicted molar refractivity (Wildman–Crippen MR) is 86.9 cm³/mol. The quantitative estimate of drug-likeness (QED) is 0.821. The molecule has 1 heterocycles. The second-order valence-corrected chi connectivity index (χ2v) is 6.55. The molecule has 0 aromatic heterocycles. The maximum Gasteiger partial charge on any atom is 0.312 e. The van der Waals surface area contributed by atoms with Gasteiger partial charge in [-0.2, -0.15) is 0 Å². The molecule has 1 amide bonds. The molecular formula is C18H23F2NO4. The van der Waals surface area contributed by atoms with Crippen LogP contribution in [0.2, 0.25) is 0 Å². The lowest BCUT2D eigenvalue weighted by molar-refractivity contribution is -0.167. The zero-order valence-electron chi connectivity index (χ0n) is 14.2. The first-order valence-electron chi connectivity index (χ1n) is 8.43. The summed E-state index contributed by atoms with van der Waals surface area (Å²) in [6, 6.07) is 3.22. The Morgan fingerprint density at radius 3 is 2.64 bits per heavy atom. The highest BCUT2D eigenvalue weighted by atomic mass is 19.1. The highest BCUT2D eigenvalue weighted by molar-refractivity contribution is 5.79. The van der Waals surface area contributed by atoms with Gasteiger partial charge in [0, 0.05) is 25.6 Å². The number of aliphatic hydroxyl groups excluding tert-OH is 1. The molecule has 1 saturated heterocycles. The third-order valence-electron chi connectivity index (χ3n) is 4.96. The fraction of sp³-hybridized carbons (Fsp3) is 0.556. The van der Waals surface area contributed by atoms with Gasteiger partial charge >= 0.3 is 5.97 Å². The highest BCUT2D eigenvalue weighted by Crippen LogP contribution is 2.37. The summed E-state index contributed by atoms with van der Waals surface area (Å²) < 4.78 is 26.5. The minimum absolute atomic E-state index is 0.0170. The van der Waals surface area contributed by atoms with Crippen LogP contribution in [0.15, 0.2) is 18.2 Å². The fourth-order valence-electron chi connectivity index (χ4n) is 3.42. The molecule has 25 heavy (non-hydrogen) atoms. The topological polar surface area (TPSA) is 77.8 Å². The van der Waals surface area contributed by atoms with E-state index in [-0.39, 0.29) is 43.8 Å². The van der Waals surface area contributed by atoms with E-state index in [0.29, 0.717) is 12.8 Å². The zero-order chi connectivity index (χ0) is 18.6. The van der Waals surface area contributed by atoms with Gasteiger partial charge in [0.2, 0.25) is 5.91 Å². The van der Waals surface area contributed by atoms with Gasteiger partial charge in [0.15, 0.2) is 0 Å². The van der Waals surface area contributed by atoms with E-state index < -0.39 is 29.1 Å². The molecule has 1 fully saturated rings. The lowest BCUT2D eigenvalue weighted by atomic mass is 9.72. The first-order valence-corrected chi connectivity index (χ1v) is 8.43. The van der Waals surface area contributed by atoms with E-state index in [4.69, 9.17) is 0 Å². The van der Waals surface area contributed by atoms with Crippen LogP contribution in [0.4, 0.5) is 8.78 Å². The molecule has 2 rings (SSSR count). The Morgan fingerprint density at radius 1 is 1.36 bits per heavy atom. The van der Waals surface area contributed by atoms with E-state index in [1.807, 2.05) is 6.92 Å². The predicted octanol–water partition coefficient (Wildman–Crippen LogP) is 2.36. The van der Waals surface area contributed by atoms with Crippen molar-refractivity contribution in [2.45, 2.75) is 45.1 Å². The molecule has 0 saturated carbocycles. The summed E-state index contributed by atoms with van der Waals surface area (Å²) in [6.07, 6.45) is 0.173. The minimum atomic E-state index is -1.21. The Labute approximate surface area is 145 Å². The van der Waals surface area contributed by atoms with E-state index in [0.717, 1.165) is 12.1 Å². The van der Waals surface area contributed by atoms with Gasteiger partial charge in [0.25, 0.3) is 0 Å². The van der Waals surface area contributed by atoms with Crippen LogP contribution < -0.4 is 0 Å². The van der Waals surface area contributed by atoms with Crippen LogP contribution in [0.1, 0.15) is 38.2 Å². The van der Waals surface area contributed by atoms with E-state index in [9.17, 15) is 28.6 Å². The smallest absolute Gasteiger partial charge is 0.312 e. The zero-order valence-corrected chi connectivity index (χ0v) is 14.2. The Kier molecular flexibility index (Phi) is 6.11. The number of aryl methyl sites for hydroxylation is 1. The third kappa shape index (κ3) is 4.15. The first-order chi connectivity index (χ1) is 11.8.